The Morgan fingerprint density at radius 1 is 1.28 bits per heavy atom. The van der Waals surface area contributed by atoms with Gasteiger partial charge in [0.2, 0.25) is 0 Å². The molecular formula is C12H17ClN2O3. The van der Waals surface area contributed by atoms with Crippen LogP contribution in [0.1, 0.15) is 6.42 Å². The van der Waals surface area contributed by atoms with E-state index in [1.54, 1.807) is 24.3 Å². The topological polar surface area (TPSA) is 70.6 Å². The number of ether oxygens (including phenoxy) is 1. The quantitative estimate of drug-likeness (QED) is 0.664. The minimum absolute atomic E-state index is 0.0183. The molecule has 0 saturated carbocycles. The number of amides is 2. The van der Waals surface area contributed by atoms with E-state index in [0.29, 0.717) is 36.9 Å². The van der Waals surface area contributed by atoms with Crippen molar-refractivity contribution in [2.75, 3.05) is 31.7 Å². The van der Waals surface area contributed by atoms with Gasteiger partial charge in [0.25, 0.3) is 0 Å². The van der Waals surface area contributed by atoms with Gasteiger partial charge in [0, 0.05) is 23.9 Å². The average molecular weight is 273 g/mol. The van der Waals surface area contributed by atoms with Crippen molar-refractivity contribution in [3.63, 3.8) is 0 Å². The standard InChI is InChI=1S/C12H17ClN2O3/c13-10-2-4-11(5-3-10)15-12(17)14-6-1-8-18-9-7-16/h2-5,16H,1,6-9H2,(H2,14,15,17). The highest BCUT2D eigenvalue weighted by molar-refractivity contribution is 6.30. The first-order chi connectivity index (χ1) is 8.72. The lowest BCUT2D eigenvalue weighted by atomic mass is 10.3. The second-order valence-electron chi connectivity index (χ2n) is 3.58. The van der Waals surface area contributed by atoms with Crippen LogP contribution in [0.2, 0.25) is 5.02 Å². The summed E-state index contributed by atoms with van der Waals surface area (Å²) in [7, 11) is 0. The number of aliphatic hydroxyl groups excluding tert-OH is 1. The van der Waals surface area contributed by atoms with Crippen LogP contribution in [0.3, 0.4) is 0 Å². The molecule has 0 atom stereocenters. The Labute approximate surface area is 111 Å². The zero-order valence-electron chi connectivity index (χ0n) is 9.99. The van der Waals surface area contributed by atoms with Crippen molar-refractivity contribution in [2.24, 2.45) is 0 Å². The van der Waals surface area contributed by atoms with Gasteiger partial charge in [0.1, 0.15) is 0 Å². The molecule has 3 N–H and O–H groups in total. The molecule has 0 unspecified atom stereocenters. The highest BCUT2D eigenvalue weighted by Crippen LogP contribution is 2.12. The maximum Gasteiger partial charge on any atom is 0.319 e. The summed E-state index contributed by atoms with van der Waals surface area (Å²) in [5, 5.41) is 14.5. The molecule has 0 heterocycles. The molecule has 0 saturated heterocycles. The molecule has 100 valence electrons. The summed E-state index contributed by atoms with van der Waals surface area (Å²) < 4.78 is 5.06. The van der Waals surface area contributed by atoms with Crippen molar-refractivity contribution in [3.05, 3.63) is 29.3 Å². The van der Waals surface area contributed by atoms with E-state index in [1.165, 1.54) is 0 Å². The van der Waals surface area contributed by atoms with Crippen LogP contribution in [0.15, 0.2) is 24.3 Å². The van der Waals surface area contributed by atoms with Gasteiger partial charge < -0.3 is 20.5 Å². The molecule has 0 aliphatic carbocycles. The molecule has 5 nitrogen and oxygen atoms in total. The Balaban J connectivity index is 2.12. The molecule has 18 heavy (non-hydrogen) atoms. The second kappa shape index (κ2) is 8.74. The van der Waals surface area contributed by atoms with Gasteiger partial charge >= 0.3 is 6.03 Å². The summed E-state index contributed by atoms with van der Waals surface area (Å²) in [5.41, 5.74) is 0.688. The van der Waals surface area contributed by atoms with Crippen LogP contribution in [-0.2, 0) is 4.74 Å². The molecule has 6 heteroatoms. The minimum Gasteiger partial charge on any atom is -0.394 e. The van der Waals surface area contributed by atoms with Crippen LogP contribution in [0, 0.1) is 0 Å². The fourth-order valence-corrected chi connectivity index (χ4v) is 1.38. The van der Waals surface area contributed by atoms with Crippen molar-refractivity contribution in [1.82, 2.24) is 5.32 Å². The highest BCUT2D eigenvalue weighted by Gasteiger charge is 2.00. The molecule has 0 spiro atoms. The molecule has 0 aromatic heterocycles. The number of carbonyl (C=O) groups excluding carboxylic acids is 1. The van der Waals surface area contributed by atoms with Crippen molar-refractivity contribution in [2.45, 2.75) is 6.42 Å². The number of aliphatic hydroxyl groups is 1. The van der Waals surface area contributed by atoms with Gasteiger partial charge in [-0.15, -0.1) is 0 Å². The maximum absolute atomic E-state index is 11.5. The van der Waals surface area contributed by atoms with E-state index >= 15 is 0 Å². The Kier molecular flexibility index (Phi) is 7.17. The highest BCUT2D eigenvalue weighted by atomic mass is 35.5. The molecule has 0 radical (unpaired) electrons. The number of benzene rings is 1. The largest absolute Gasteiger partial charge is 0.394 e. The first kappa shape index (κ1) is 14.8. The van der Waals surface area contributed by atoms with E-state index in [4.69, 9.17) is 21.4 Å². The van der Waals surface area contributed by atoms with Gasteiger partial charge in [-0.05, 0) is 30.7 Å². The Morgan fingerprint density at radius 3 is 2.67 bits per heavy atom. The fourth-order valence-electron chi connectivity index (χ4n) is 1.25. The van der Waals surface area contributed by atoms with Crippen LogP contribution in [0.5, 0.6) is 0 Å². The number of hydrogen-bond acceptors (Lipinski definition) is 3. The first-order valence-corrected chi connectivity index (χ1v) is 6.09. The Morgan fingerprint density at radius 2 is 2.00 bits per heavy atom. The third-order valence-electron chi connectivity index (χ3n) is 2.09. The van der Waals surface area contributed by atoms with Gasteiger partial charge in [-0.1, -0.05) is 11.6 Å². The number of urea groups is 1. The first-order valence-electron chi connectivity index (χ1n) is 5.71. The normalized spacial score (nSPS) is 10.1. The molecule has 0 bridgehead atoms. The number of anilines is 1. The van der Waals surface area contributed by atoms with Crippen LogP contribution in [-0.4, -0.2) is 37.5 Å². The molecule has 1 aromatic carbocycles. The van der Waals surface area contributed by atoms with Gasteiger partial charge in [-0.2, -0.15) is 0 Å². The number of halogens is 1. The van der Waals surface area contributed by atoms with Gasteiger partial charge in [0.05, 0.1) is 13.2 Å². The summed E-state index contributed by atoms with van der Waals surface area (Å²) in [6.45, 7) is 1.38. The number of hydrogen-bond donors (Lipinski definition) is 3. The summed E-state index contributed by atoms with van der Waals surface area (Å²) in [5.74, 6) is 0. The minimum atomic E-state index is -0.264. The SMILES string of the molecule is O=C(NCCCOCCO)Nc1ccc(Cl)cc1. The van der Waals surface area contributed by atoms with Crippen molar-refractivity contribution < 1.29 is 14.6 Å². The van der Waals surface area contributed by atoms with E-state index in [0.717, 1.165) is 0 Å². The molecule has 1 aromatic rings. The van der Waals surface area contributed by atoms with E-state index in [9.17, 15) is 4.79 Å². The third-order valence-corrected chi connectivity index (χ3v) is 2.34. The fraction of sp³-hybridized carbons (Fsp3) is 0.417. The van der Waals surface area contributed by atoms with Gasteiger partial charge in [-0.25, -0.2) is 4.79 Å². The lowest BCUT2D eigenvalue weighted by Gasteiger charge is -2.07. The van der Waals surface area contributed by atoms with Crippen molar-refractivity contribution in [1.29, 1.82) is 0 Å². The summed E-state index contributed by atoms with van der Waals surface area (Å²) in [4.78, 5) is 11.5. The number of rotatable bonds is 7. The van der Waals surface area contributed by atoms with Crippen LogP contribution in [0.4, 0.5) is 10.5 Å². The van der Waals surface area contributed by atoms with E-state index < -0.39 is 0 Å². The van der Waals surface area contributed by atoms with Crippen LogP contribution < -0.4 is 10.6 Å². The van der Waals surface area contributed by atoms with Crippen LogP contribution in [0.25, 0.3) is 0 Å². The monoisotopic (exact) mass is 272 g/mol. The van der Waals surface area contributed by atoms with E-state index in [2.05, 4.69) is 10.6 Å². The lowest BCUT2D eigenvalue weighted by molar-refractivity contribution is 0.0910. The van der Waals surface area contributed by atoms with Gasteiger partial charge in [0.15, 0.2) is 0 Å². The lowest BCUT2D eigenvalue weighted by Crippen LogP contribution is -2.30. The Hall–Kier alpha value is -1.30. The molecule has 0 fully saturated rings. The maximum atomic E-state index is 11.5. The zero-order chi connectivity index (χ0) is 13.2. The average Bonchev–Trinajstić information content (AvgIpc) is 2.36. The molecule has 1 rings (SSSR count). The summed E-state index contributed by atoms with van der Waals surface area (Å²) in [6.07, 6.45) is 0.702. The van der Waals surface area contributed by atoms with E-state index in [1.807, 2.05) is 0 Å². The predicted octanol–water partition coefficient (Wildman–Crippen LogP) is 1.86. The smallest absolute Gasteiger partial charge is 0.319 e. The number of nitrogens with one attached hydrogen (secondary N) is 2. The zero-order valence-corrected chi connectivity index (χ0v) is 10.7. The van der Waals surface area contributed by atoms with E-state index in [-0.39, 0.29) is 12.6 Å². The van der Waals surface area contributed by atoms with Crippen molar-refractivity contribution in [3.8, 4) is 0 Å². The van der Waals surface area contributed by atoms with Crippen molar-refractivity contribution >= 4 is 23.3 Å². The summed E-state index contributed by atoms with van der Waals surface area (Å²) in [6, 6.07) is 6.61. The summed E-state index contributed by atoms with van der Waals surface area (Å²) >= 11 is 5.73. The molecule has 0 aliphatic heterocycles. The third kappa shape index (κ3) is 6.44. The van der Waals surface area contributed by atoms with Crippen LogP contribution >= 0.6 is 11.6 Å². The predicted molar refractivity (Wildman–Crippen MR) is 71.0 cm³/mol. The molecule has 0 aliphatic rings. The Bertz CT molecular complexity index is 357. The molecule has 2 amide bonds. The number of carbonyl (C=O) groups is 1. The molecular weight excluding hydrogens is 256 g/mol. The van der Waals surface area contributed by atoms with Gasteiger partial charge in [-0.3, -0.25) is 0 Å². The second-order valence-corrected chi connectivity index (χ2v) is 4.01.